The van der Waals surface area contributed by atoms with Crippen molar-refractivity contribution in [1.29, 1.82) is 0 Å². The number of halogens is 1. The van der Waals surface area contributed by atoms with E-state index in [1.165, 1.54) is 89.2 Å². The summed E-state index contributed by atoms with van der Waals surface area (Å²) in [5, 5.41) is 3.52. The van der Waals surface area contributed by atoms with Crippen molar-refractivity contribution in [3.63, 3.8) is 0 Å². The first-order chi connectivity index (χ1) is 13.2. The fourth-order valence-corrected chi connectivity index (χ4v) is 3.54. The maximum atomic E-state index is 12.9. The second kappa shape index (κ2) is 17.2. The van der Waals surface area contributed by atoms with Crippen LogP contribution in [0.4, 0.5) is 4.39 Å². The molecule has 1 aromatic carbocycles. The van der Waals surface area contributed by atoms with Crippen molar-refractivity contribution in [2.45, 2.75) is 103 Å². The van der Waals surface area contributed by atoms with Crippen molar-refractivity contribution >= 4 is 0 Å². The number of hydrogen-bond donors (Lipinski definition) is 2. The number of benzene rings is 1. The summed E-state index contributed by atoms with van der Waals surface area (Å²) in [7, 11) is 0. The molecule has 0 fully saturated rings. The minimum absolute atomic E-state index is 0.0130. The lowest BCUT2D eigenvalue weighted by Crippen LogP contribution is -2.19. The summed E-state index contributed by atoms with van der Waals surface area (Å²) in [6.07, 6.45) is 18.8. The molecule has 3 heteroatoms. The molecule has 0 heterocycles. The molecule has 0 aromatic heterocycles. The van der Waals surface area contributed by atoms with Crippen molar-refractivity contribution in [3.8, 4) is 0 Å². The van der Waals surface area contributed by atoms with Gasteiger partial charge in [0.1, 0.15) is 5.82 Å². The van der Waals surface area contributed by atoms with Gasteiger partial charge in [0.2, 0.25) is 0 Å². The molecule has 0 amide bonds. The molecule has 0 saturated carbocycles. The van der Waals surface area contributed by atoms with Crippen molar-refractivity contribution in [3.05, 3.63) is 35.6 Å². The van der Waals surface area contributed by atoms with E-state index >= 15 is 0 Å². The van der Waals surface area contributed by atoms with Gasteiger partial charge in [-0.2, -0.15) is 0 Å². The van der Waals surface area contributed by atoms with Crippen LogP contribution in [0.5, 0.6) is 0 Å². The Bertz CT molecular complexity index is 433. The van der Waals surface area contributed by atoms with Gasteiger partial charge in [0, 0.05) is 6.04 Å². The molecule has 0 saturated heterocycles. The predicted molar refractivity (Wildman–Crippen MR) is 117 cm³/mol. The van der Waals surface area contributed by atoms with Crippen LogP contribution in [0, 0.1) is 5.82 Å². The molecule has 3 N–H and O–H groups in total. The van der Waals surface area contributed by atoms with Gasteiger partial charge in [0.25, 0.3) is 0 Å². The number of nitrogens with two attached hydrogens (primary N) is 1. The zero-order valence-corrected chi connectivity index (χ0v) is 17.7. The van der Waals surface area contributed by atoms with Gasteiger partial charge in [-0.25, -0.2) is 4.39 Å². The second-order valence-corrected chi connectivity index (χ2v) is 7.94. The topological polar surface area (TPSA) is 38.0 Å². The summed E-state index contributed by atoms with van der Waals surface area (Å²) in [5.74, 6) is -0.199. The Morgan fingerprint density at radius 1 is 0.741 bits per heavy atom. The highest BCUT2D eigenvalue weighted by Gasteiger charge is 2.05. The van der Waals surface area contributed by atoms with Crippen molar-refractivity contribution in [1.82, 2.24) is 5.32 Å². The Morgan fingerprint density at radius 2 is 1.22 bits per heavy atom. The fraction of sp³-hybridized carbons (Fsp3) is 0.750. The molecule has 1 atom stereocenters. The van der Waals surface area contributed by atoms with Crippen LogP contribution in [0.3, 0.4) is 0 Å². The quantitative estimate of drug-likeness (QED) is 0.273. The van der Waals surface area contributed by atoms with Crippen LogP contribution in [-0.2, 0) is 0 Å². The van der Waals surface area contributed by atoms with E-state index in [-0.39, 0.29) is 11.9 Å². The van der Waals surface area contributed by atoms with E-state index in [0.29, 0.717) is 0 Å². The van der Waals surface area contributed by atoms with Gasteiger partial charge >= 0.3 is 0 Å². The Hall–Kier alpha value is -0.930. The second-order valence-electron chi connectivity index (χ2n) is 7.94. The summed E-state index contributed by atoms with van der Waals surface area (Å²) < 4.78 is 12.9. The minimum Gasteiger partial charge on any atom is -0.324 e. The molecule has 1 rings (SSSR count). The SMILES string of the molecule is CCCCCCCCCCCCCCNCCCC(N)c1ccc(F)cc1. The van der Waals surface area contributed by atoms with E-state index in [1.54, 1.807) is 12.1 Å². The lowest BCUT2D eigenvalue weighted by molar-refractivity contribution is 0.524. The summed E-state index contributed by atoms with van der Waals surface area (Å²) >= 11 is 0. The van der Waals surface area contributed by atoms with E-state index in [2.05, 4.69) is 12.2 Å². The zero-order chi connectivity index (χ0) is 19.6. The van der Waals surface area contributed by atoms with Crippen LogP contribution < -0.4 is 11.1 Å². The number of unbranched alkanes of at least 4 members (excludes halogenated alkanes) is 11. The van der Waals surface area contributed by atoms with Crippen LogP contribution in [0.25, 0.3) is 0 Å². The Balaban J connectivity index is 1.79. The maximum Gasteiger partial charge on any atom is 0.123 e. The van der Waals surface area contributed by atoms with E-state index < -0.39 is 0 Å². The van der Waals surface area contributed by atoms with Crippen molar-refractivity contribution in [2.24, 2.45) is 5.73 Å². The highest BCUT2D eigenvalue weighted by molar-refractivity contribution is 5.19. The molecular formula is C24H43FN2. The average molecular weight is 379 g/mol. The molecule has 0 aliphatic carbocycles. The van der Waals surface area contributed by atoms with Gasteiger partial charge < -0.3 is 11.1 Å². The first-order valence-corrected chi connectivity index (χ1v) is 11.5. The zero-order valence-electron chi connectivity index (χ0n) is 17.7. The summed E-state index contributed by atoms with van der Waals surface area (Å²) in [5.41, 5.74) is 7.18. The molecular weight excluding hydrogens is 335 g/mol. The molecule has 0 aliphatic rings. The van der Waals surface area contributed by atoms with Gasteiger partial charge in [-0.1, -0.05) is 89.7 Å². The standard InChI is InChI=1S/C24H43FN2/c1-2-3-4-5-6-7-8-9-10-11-12-13-20-27-21-14-15-24(26)22-16-18-23(25)19-17-22/h16-19,24,27H,2-15,20-21,26H2,1H3. The molecule has 0 aliphatic heterocycles. The Morgan fingerprint density at radius 3 is 1.78 bits per heavy atom. The molecule has 0 radical (unpaired) electrons. The third-order valence-corrected chi connectivity index (χ3v) is 5.37. The fourth-order valence-electron chi connectivity index (χ4n) is 3.54. The van der Waals surface area contributed by atoms with E-state index in [4.69, 9.17) is 5.73 Å². The van der Waals surface area contributed by atoms with Crippen LogP contribution in [0.1, 0.15) is 108 Å². The van der Waals surface area contributed by atoms with Gasteiger partial charge in [-0.15, -0.1) is 0 Å². The first kappa shape index (κ1) is 24.1. The lowest BCUT2D eigenvalue weighted by atomic mass is 10.0. The molecule has 2 nitrogen and oxygen atoms in total. The highest BCUT2D eigenvalue weighted by atomic mass is 19.1. The van der Waals surface area contributed by atoms with E-state index in [1.807, 2.05) is 0 Å². The predicted octanol–water partition coefficient (Wildman–Crippen LogP) is 6.90. The smallest absolute Gasteiger partial charge is 0.123 e. The number of rotatable bonds is 18. The van der Waals surface area contributed by atoms with Gasteiger partial charge in [0.05, 0.1) is 0 Å². The Kier molecular flexibility index (Phi) is 15.3. The number of hydrogen-bond acceptors (Lipinski definition) is 2. The van der Waals surface area contributed by atoms with Crippen LogP contribution in [0.15, 0.2) is 24.3 Å². The third kappa shape index (κ3) is 13.8. The average Bonchev–Trinajstić information content (AvgIpc) is 2.68. The van der Waals surface area contributed by atoms with Gasteiger partial charge in [-0.3, -0.25) is 0 Å². The molecule has 0 bridgehead atoms. The maximum absolute atomic E-state index is 12.9. The summed E-state index contributed by atoms with van der Waals surface area (Å²) in [6.45, 7) is 4.41. The first-order valence-electron chi connectivity index (χ1n) is 11.5. The van der Waals surface area contributed by atoms with Crippen molar-refractivity contribution in [2.75, 3.05) is 13.1 Å². The van der Waals surface area contributed by atoms with Crippen LogP contribution in [-0.4, -0.2) is 13.1 Å². The summed E-state index contributed by atoms with van der Waals surface area (Å²) in [4.78, 5) is 0. The normalized spacial score (nSPS) is 12.4. The van der Waals surface area contributed by atoms with Crippen LogP contribution >= 0.6 is 0 Å². The Labute approximate surface area is 167 Å². The van der Waals surface area contributed by atoms with Gasteiger partial charge in [-0.05, 0) is 50.0 Å². The summed E-state index contributed by atoms with van der Waals surface area (Å²) in [6, 6.07) is 6.57. The van der Waals surface area contributed by atoms with Crippen LogP contribution in [0.2, 0.25) is 0 Å². The molecule has 1 aromatic rings. The van der Waals surface area contributed by atoms with Gasteiger partial charge in [0.15, 0.2) is 0 Å². The third-order valence-electron chi connectivity index (χ3n) is 5.37. The molecule has 1 unspecified atom stereocenters. The molecule has 0 spiro atoms. The molecule has 27 heavy (non-hydrogen) atoms. The van der Waals surface area contributed by atoms with E-state index in [0.717, 1.165) is 31.5 Å². The largest absolute Gasteiger partial charge is 0.324 e. The number of nitrogens with one attached hydrogen (secondary N) is 1. The van der Waals surface area contributed by atoms with Crippen molar-refractivity contribution < 1.29 is 4.39 Å². The monoisotopic (exact) mass is 378 g/mol. The lowest BCUT2D eigenvalue weighted by Gasteiger charge is -2.12. The highest BCUT2D eigenvalue weighted by Crippen LogP contribution is 2.16. The molecule has 156 valence electrons. The minimum atomic E-state index is -0.199. The van der Waals surface area contributed by atoms with E-state index in [9.17, 15) is 4.39 Å².